The molecule has 214 valence electrons. The second-order valence-corrected chi connectivity index (χ2v) is 14.7. The summed E-state index contributed by atoms with van der Waals surface area (Å²) in [4.78, 5) is 21.3. The fraction of sp³-hybridized carbons (Fsp3) is 0.818. The molecule has 2 heterocycles. The summed E-state index contributed by atoms with van der Waals surface area (Å²) in [6.45, 7) is 11.3. The topological polar surface area (TPSA) is 54.9 Å². The van der Waals surface area contributed by atoms with E-state index in [1.165, 1.54) is 57.1 Å². The minimum Gasteiger partial charge on any atom is -0.449 e. The highest BCUT2D eigenvalue weighted by atomic mass is 16.6. The second kappa shape index (κ2) is 9.36. The third-order valence-corrected chi connectivity index (χ3v) is 13.6. The first-order valence-electron chi connectivity index (χ1n) is 15.9. The van der Waals surface area contributed by atoms with Gasteiger partial charge in [0.1, 0.15) is 0 Å². The molecule has 0 aromatic carbocycles. The van der Waals surface area contributed by atoms with Crippen LogP contribution in [0.25, 0.3) is 0 Å². The zero-order chi connectivity index (χ0) is 27.0. The molecular formula is C33H49N3O3. The summed E-state index contributed by atoms with van der Waals surface area (Å²) in [6.07, 6.45) is 15.0. The van der Waals surface area contributed by atoms with Crippen LogP contribution in [-0.4, -0.2) is 62.0 Å². The lowest BCUT2D eigenvalue weighted by Crippen LogP contribution is -2.57. The molecule has 6 aliphatic rings. The van der Waals surface area contributed by atoms with Gasteiger partial charge in [0.25, 0.3) is 0 Å². The van der Waals surface area contributed by atoms with Gasteiger partial charge in [0.05, 0.1) is 12.7 Å². The maximum atomic E-state index is 13.0. The number of carbonyl (C=O) groups is 1. The van der Waals surface area contributed by atoms with E-state index in [0.717, 1.165) is 36.8 Å². The number of hydrogen-bond donors (Lipinski definition) is 0. The standard InChI is InChI=1S/C33H49N3O3/c1-22(21-39-30(37)36-17-15-35(16-18-36)24-9-13-34-14-10-24)26-5-6-27-25-19-29(38-4)33-20-23(33)7-12-32(33,3)28(25)8-11-31(26,27)2/h9-10,13-14,22-23,25-29H,5-8,11-12,15-21H2,1-4H3/t22-,23-,25+,26-,27+,28+,29?,31-,32-,33?/m1/s1. The summed E-state index contributed by atoms with van der Waals surface area (Å²) in [5.41, 5.74) is 2.53. The van der Waals surface area contributed by atoms with Gasteiger partial charge in [-0.05, 0) is 110 Å². The van der Waals surface area contributed by atoms with Crippen LogP contribution in [0.3, 0.4) is 0 Å². The molecule has 7 rings (SSSR count). The zero-order valence-electron chi connectivity index (χ0n) is 24.6. The van der Waals surface area contributed by atoms with Crippen molar-refractivity contribution in [1.82, 2.24) is 9.88 Å². The van der Waals surface area contributed by atoms with Crippen LogP contribution in [0.4, 0.5) is 10.5 Å². The van der Waals surface area contributed by atoms with E-state index in [0.29, 0.717) is 53.9 Å². The molecule has 5 saturated carbocycles. The number of anilines is 1. The molecule has 10 atom stereocenters. The minimum absolute atomic E-state index is 0.131. The van der Waals surface area contributed by atoms with E-state index >= 15 is 0 Å². The van der Waals surface area contributed by atoms with Crippen LogP contribution in [0.15, 0.2) is 24.5 Å². The Hall–Kier alpha value is -1.82. The fourth-order valence-corrected chi connectivity index (χ4v) is 11.7. The van der Waals surface area contributed by atoms with Gasteiger partial charge in [-0.1, -0.05) is 20.8 Å². The Balaban J connectivity index is 0.970. The van der Waals surface area contributed by atoms with Gasteiger partial charge in [0.15, 0.2) is 0 Å². The lowest BCUT2D eigenvalue weighted by molar-refractivity contribution is -0.161. The van der Waals surface area contributed by atoms with Crippen molar-refractivity contribution in [3.8, 4) is 0 Å². The van der Waals surface area contributed by atoms with E-state index in [-0.39, 0.29) is 6.09 Å². The SMILES string of the molecule is COC1C[C@H]2[C@@H]3CC[C@H]([C@H](C)COC(=O)N4CCN(c5ccncc5)CC4)[C@@]3(C)CC[C@@H]2[C@@]2(C)CC[C@@H]3CC132. The Kier molecular flexibility index (Phi) is 6.26. The monoisotopic (exact) mass is 535 g/mol. The molecule has 1 spiro atoms. The van der Waals surface area contributed by atoms with Crippen molar-refractivity contribution in [2.45, 2.75) is 78.2 Å². The molecule has 1 saturated heterocycles. The number of fused-ring (bicyclic) bond motifs is 4. The molecule has 6 nitrogen and oxygen atoms in total. The van der Waals surface area contributed by atoms with Crippen molar-refractivity contribution in [2.75, 3.05) is 44.8 Å². The third kappa shape index (κ3) is 3.75. The number of amides is 1. The maximum absolute atomic E-state index is 13.0. The first-order chi connectivity index (χ1) is 18.8. The predicted octanol–water partition coefficient (Wildman–Crippen LogP) is 6.26. The van der Waals surface area contributed by atoms with Gasteiger partial charge >= 0.3 is 6.09 Å². The van der Waals surface area contributed by atoms with Crippen LogP contribution < -0.4 is 4.90 Å². The lowest BCUT2D eigenvalue weighted by Gasteiger charge is -2.61. The highest BCUT2D eigenvalue weighted by Gasteiger charge is 2.77. The van der Waals surface area contributed by atoms with Gasteiger partial charge in [-0.15, -0.1) is 0 Å². The van der Waals surface area contributed by atoms with Gasteiger partial charge in [-0.2, -0.15) is 0 Å². The molecule has 0 N–H and O–H groups in total. The number of ether oxygens (including phenoxy) is 2. The molecule has 1 amide bonds. The van der Waals surface area contributed by atoms with Gasteiger partial charge < -0.3 is 19.3 Å². The Labute approximate surface area is 235 Å². The molecule has 1 aromatic heterocycles. The number of hydrogen-bond acceptors (Lipinski definition) is 5. The van der Waals surface area contributed by atoms with Crippen LogP contribution >= 0.6 is 0 Å². The summed E-state index contributed by atoms with van der Waals surface area (Å²) in [6, 6.07) is 4.08. The van der Waals surface area contributed by atoms with E-state index < -0.39 is 0 Å². The molecule has 5 aliphatic carbocycles. The van der Waals surface area contributed by atoms with Crippen molar-refractivity contribution < 1.29 is 14.3 Å². The number of aromatic nitrogens is 1. The number of pyridine rings is 1. The molecule has 6 fully saturated rings. The summed E-state index contributed by atoms with van der Waals surface area (Å²) in [5.74, 6) is 4.47. The van der Waals surface area contributed by atoms with Crippen LogP contribution in [0.5, 0.6) is 0 Å². The number of carbonyl (C=O) groups excluding carboxylic acids is 1. The number of piperazine rings is 1. The third-order valence-electron chi connectivity index (χ3n) is 13.6. The van der Waals surface area contributed by atoms with Crippen molar-refractivity contribution in [3.05, 3.63) is 24.5 Å². The van der Waals surface area contributed by atoms with Crippen molar-refractivity contribution >= 4 is 11.8 Å². The van der Waals surface area contributed by atoms with E-state index in [4.69, 9.17) is 9.47 Å². The van der Waals surface area contributed by atoms with Crippen LogP contribution in [0, 0.1) is 51.8 Å². The van der Waals surface area contributed by atoms with Crippen molar-refractivity contribution in [2.24, 2.45) is 51.8 Å². The Morgan fingerprint density at radius 1 is 1.05 bits per heavy atom. The Bertz CT molecular complexity index is 1080. The van der Waals surface area contributed by atoms with Crippen molar-refractivity contribution in [1.29, 1.82) is 0 Å². The highest BCUT2D eigenvalue weighted by molar-refractivity contribution is 5.68. The van der Waals surface area contributed by atoms with E-state index in [2.05, 4.69) is 30.7 Å². The fourth-order valence-electron chi connectivity index (χ4n) is 11.7. The van der Waals surface area contributed by atoms with Gasteiger partial charge in [-0.3, -0.25) is 4.98 Å². The molecule has 39 heavy (non-hydrogen) atoms. The molecule has 2 unspecified atom stereocenters. The normalized spacial score (nSPS) is 45.1. The minimum atomic E-state index is -0.131. The van der Waals surface area contributed by atoms with E-state index in [9.17, 15) is 4.79 Å². The van der Waals surface area contributed by atoms with Crippen LogP contribution in [-0.2, 0) is 9.47 Å². The van der Waals surface area contributed by atoms with E-state index in [1.54, 1.807) is 0 Å². The number of rotatable bonds is 5. The Morgan fingerprint density at radius 3 is 2.54 bits per heavy atom. The predicted molar refractivity (Wildman–Crippen MR) is 152 cm³/mol. The van der Waals surface area contributed by atoms with Crippen molar-refractivity contribution in [3.63, 3.8) is 0 Å². The molecule has 6 heteroatoms. The van der Waals surface area contributed by atoms with Crippen LogP contribution in [0.1, 0.15) is 72.1 Å². The number of methoxy groups -OCH3 is 1. The Morgan fingerprint density at radius 2 is 1.82 bits per heavy atom. The molecule has 1 aromatic rings. The van der Waals surface area contributed by atoms with Crippen LogP contribution in [0.2, 0.25) is 0 Å². The molecular weight excluding hydrogens is 486 g/mol. The zero-order valence-corrected chi connectivity index (χ0v) is 24.6. The number of nitrogens with zero attached hydrogens (tertiary/aromatic N) is 3. The summed E-state index contributed by atoms with van der Waals surface area (Å²) < 4.78 is 12.3. The average molecular weight is 536 g/mol. The first kappa shape index (κ1) is 26.1. The molecule has 1 aliphatic heterocycles. The second-order valence-electron chi connectivity index (χ2n) is 14.7. The smallest absolute Gasteiger partial charge is 0.409 e. The van der Waals surface area contributed by atoms with Gasteiger partial charge in [0.2, 0.25) is 0 Å². The largest absolute Gasteiger partial charge is 0.449 e. The quantitative estimate of drug-likeness (QED) is 0.445. The summed E-state index contributed by atoms with van der Waals surface area (Å²) in [7, 11) is 1.99. The highest BCUT2D eigenvalue weighted by Crippen LogP contribution is 2.82. The summed E-state index contributed by atoms with van der Waals surface area (Å²) in [5, 5.41) is 0. The van der Waals surface area contributed by atoms with E-state index in [1.807, 2.05) is 36.5 Å². The average Bonchev–Trinajstić information content (AvgIpc) is 3.47. The summed E-state index contributed by atoms with van der Waals surface area (Å²) >= 11 is 0. The molecule has 0 radical (unpaired) electrons. The van der Waals surface area contributed by atoms with Gasteiger partial charge in [-0.25, -0.2) is 4.79 Å². The van der Waals surface area contributed by atoms with Gasteiger partial charge in [0, 0.05) is 56.8 Å². The lowest BCUT2D eigenvalue weighted by atomic mass is 9.45. The molecule has 0 bridgehead atoms. The first-order valence-corrected chi connectivity index (χ1v) is 15.9. The maximum Gasteiger partial charge on any atom is 0.409 e.